The van der Waals surface area contributed by atoms with E-state index in [2.05, 4.69) is 134 Å². The van der Waals surface area contributed by atoms with Gasteiger partial charge in [-0.25, -0.2) is 0 Å². The van der Waals surface area contributed by atoms with Gasteiger partial charge in [0.2, 0.25) is 0 Å². The van der Waals surface area contributed by atoms with Crippen molar-refractivity contribution in [1.29, 1.82) is 0 Å². The summed E-state index contributed by atoms with van der Waals surface area (Å²) in [6.07, 6.45) is 5.01. The number of hydrogen-bond donors (Lipinski definition) is 0. The zero-order valence-corrected chi connectivity index (χ0v) is 25.4. The molecule has 0 aliphatic heterocycles. The average Bonchev–Trinajstić information content (AvgIpc) is 3.45. The van der Waals surface area contributed by atoms with E-state index in [0.717, 1.165) is 0 Å². The molecule has 0 bridgehead atoms. The Hall–Kier alpha value is -1.96. The zero-order valence-electron chi connectivity index (χ0n) is 20.5. The number of halogens is 2. The van der Waals surface area contributed by atoms with Crippen molar-refractivity contribution >= 4 is 28.7 Å². The molecule has 4 aromatic carbocycles. The van der Waals surface area contributed by atoms with Crippen LogP contribution in [0.1, 0.15) is 40.6 Å². The third-order valence-corrected chi connectivity index (χ3v) is 26.5. The molecule has 0 nitrogen and oxygen atoms in total. The summed E-state index contributed by atoms with van der Waals surface area (Å²) in [4.78, 5) is 0. The summed E-state index contributed by atoms with van der Waals surface area (Å²) in [5.41, 5.74) is 11.5. The van der Waals surface area contributed by atoms with E-state index in [1.807, 2.05) is 0 Å². The summed E-state index contributed by atoms with van der Waals surface area (Å²) >= 11 is -2.17. The van der Waals surface area contributed by atoms with Gasteiger partial charge < -0.3 is 24.8 Å². The first kappa shape index (κ1) is 27.1. The van der Waals surface area contributed by atoms with Crippen molar-refractivity contribution in [3.05, 3.63) is 143 Å². The predicted octanol–water partition coefficient (Wildman–Crippen LogP) is 2.45. The molecule has 0 radical (unpaired) electrons. The minimum absolute atomic E-state index is 0. The molecule has 2 aliphatic rings. The van der Waals surface area contributed by atoms with Gasteiger partial charge in [0.25, 0.3) is 0 Å². The van der Waals surface area contributed by atoms with Gasteiger partial charge in [-0.3, -0.25) is 0 Å². The van der Waals surface area contributed by atoms with Crippen LogP contribution in [0.2, 0.25) is 13.1 Å². The number of benzene rings is 4. The maximum atomic E-state index is 2.60. The molecule has 0 heterocycles. The van der Waals surface area contributed by atoms with Crippen LogP contribution in [-0.4, -0.2) is 5.43 Å². The molecule has 0 amide bonds. The zero-order chi connectivity index (χ0) is 23.1. The largest absolute Gasteiger partial charge is 1.00 e. The first-order valence-electron chi connectivity index (χ1n) is 12.1. The Morgan fingerprint density at radius 2 is 0.861 bits per heavy atom. The Balaban J connectivity index is 0.00000152. The first-order chi connectivity index (χ1) is 16.7. The van der Waals surface area contributed by atoms with Crippen LogP contribution in [0, 0.1) is 0 Å². The Labute approximate surface area is 235 Å². The van der Waals surface area contributed by atoms with Gasteiger partial charge in [0, 0.05) is 0 Å². The smallest absolute Gasteiger partial charge is 1.00 e. The fraction of sp³-hybridized carbons (Fsp3) is 0.125. The van der Waals surface area contributed by atoms with Gasteiger partial charge in [-0.15, -0.1) is 0 Å². The summed E-state index contributed by atoms with van der Waals surface area (Å²) in [7, 11) is 0. The molecule has 0 aromatic heterocycles. The normalized spacial score (nSPS) is 16.8. The second-order valence-electron chi connectivity index (χ2n) is 9.51. The van der Waals surface area contributed by atoms with E-state index in [0.29, 0.717) is 7.25 Å². The fourth-order valence-corrected chi connectivity index (χ4v) is 25.8. The molecular formula is C32H28Cl2SiZr. The SMILES string of the molecule is C[Si](C)=[Zr+2]([C@@H]1C(c2ccccc2)=Cc2ccccc21)[C@H]1C(c2ccccc2)=Cc2ccccc21.[Cl-].[Cl-]. The van der Waals surface area contributed by atoms with E-state index in [4.69, 9.17) is 0 Å². The Morgan fingerprint density at radius 1 is 0.500 bits per heavy atom. The molecule has 0 spiro atoms. The molecule has 0 N–H and O–H groups in total. The summed E-state index contributed by atoms with van der Waals surface area (Å²) in [5, 5.41) is 0. The third-order valence-electron chi connectivity index (χ3n) is 7.27. The summed E-state index contributed by atoms with van der Waals surface area (Å²) in [6.45, 7) is 5.21. The van der Waals surface area contributed by atoms with Crippen LogP contribution in [0.3, 0.4) is 0 Å². The average molecular weight is 603 g/mol. The molecule has 0 saturated carbocycles. The molecule has 178 valence electrons. The van der Waals surface area contributed by atoms with E-state index >= 15 is 0 Å². The maximum absolute atomic E-state index is 2.60. The molecule has 0 unspecified atom stereocenters. The Bertz CT molecular complexity index is 1360. The molecule has 36 heavy (non-hydrogen) atoms. The van der Waals surface area contributed by atoms with Crippen molar-refractivity contribution in [1.82, 2.24) is 0 Å². The van der Waals surface area contributed by atoms with Crippen LogP contribution in [0.4, 0.5) is 0 Å². The van der Waals surface area contributed by atoms with Gasteiger partial charge in [-0.2, -0.15) is 0 Å². The molecule has 2 atom stereocenters. The van der Waals surface area contributed by atoms with Gasteiger partial charge in [0.1, 0.15) is 0 Å². The van der Waals surface area contributed by atoms with Crippen molar-refractivity contribution < 1.29 is 45.2 Å². The molecule has 0 fully saturated rings. The van der Waals surface area contributed by atoms with Crippen molar-refractivity contribution in [2.45, 2.75) is 20.3 Å². The van der Waals surface area contributed by atoms with E-state index in [1.54, 1.807) is 22.3 Å². The quantitative estimate of drug-likeness (QED) is 0.315. The van der Waals surface area contributed by atoms with Gasteiger partial charge in [-0.1, -0.05) is 0 Å². The van der Waals surface area contributed by atoms with Crippen molar-refractivity contribution in [3.63, 3.8) is 0 Å². The van der Waals surface area contributed by atoms with Crippen LogP contribution >= 0.6 is 0 Å². The van der Waals surface area contributed by atoms with E-state index in [9.17, 15) is 0 Å². The summed E-state index contributed by atoms with van der Waals surface area (Å²) in [5.74, 6) is 0. The van der Waals surface area contributed by atoms with Crippen LogP contribution in [0.5, 0.6) is 0 Å². The van der Waals surface area contributed by atoms with Gasteiger partial charge in [-0.05, 0) is 0 Å². The molecular weight excluding hydrogens is 575 g/mol. The van der Waals surface area contributed by atoms with Crippen LogP contribution < -0.4 is 24.8 Å². The third kappa shape index (κ3) is 4.82. The van der Waals surface area contributed by atoms with E-state index < -0.39 is 25.8 Å². The molecule has 0 saturated heterocycles. The van der Waals surface area contributed by atoms with Gasteiger partial charge in [0.05, 0.1) is 0 Å². The molecule has 4 aromatic rings. The van der Waals surface area contributed by atoms with Crippen molar-refractivity contribution in [2.75, 3.05) is 0 Å². The van der Waals surface area contributed by atoms with Crippen LogP contribution in [0.25, 0.3) is 23.3 Å². The molecule has 2 aliphatic carbocycles. The monoisotopic (exact) mass is 600 g/mol. The van der Waals surface area contributed by atoms with E-state index in [-0.39, 0.29) is 24.8 Å². The second kappa shape index (κ2) is 11.6. The Kier molecular flexibility index (Phi) is 8.74. The minimum Gasteiger partial charge on any atom is -1.00 e. The first-order valence-corrected chi connectivity index (χ1v) is 21.1. The molecule has 4 heteroatoms. The van der Waals surface area contributed by atoms with Gasteiger partial charge >= 0.3 is 212 Å². The van der Waals surface area contributed by atoms with Crippen LogP contribution in [-0.2, 0) is 20.4 Å². The minimum atomic E-state index is -2.17. The number of hydrogen-bond acceptors (Lipinski definition) is 0. The summed E-state index contributed by atoms with van der Waals surface area (Å²) in [6, 6.07) is 40.7. The topological polar surface area (TPSA) is 0 Å². The van der Waals surface area contributed by atoms with Crippen LogP contribution in [0.15, 0.2) is 109 Å². The fourth-order valence-electron chi connectivity index (χ4n) is 5.82. The number of fused-ring (bicyclic) bond motifs is 2. The standard InChI is InChI=1S/2C15H11.C2H6Si.2ClH.Zr/c2*1-2-6-12(7-3-1)15-10-13-8-4-5-9-14(13)11-15;1-3-2;;;/h2*1-11H;1-2H3;2*1H;/q;;;;;+2/p-2. The molecule has 6 rings (SSSR count). The van der Waals surface area contributed by atoms with Crippen molar-refractivity contribution in [2.24, 2.45) is 0 Å². The predicted molar refractivity (Wildman–Crippen MR) is 144 cm³/mol. The maximum Gasteiger partial charge on any atom is -1.00 e. The summed E-state index contributed by atoms with van der Waals surface area (Å²) < 4.78 is 1.18. The number of rotatable bonds is 4. The van der Waals surface area contributed by atoms with Crippen molar-refractivity contribution in [3.8, 4) is 0 Å². The van der Waals surface area contributed by atoms with E-state index in [1.165, 1.54) is 22.3 Å². The van der Waals surface area contributed by atoms with Gasteiger partial charge in [0.15, 0.2) is 0 Å². The Morgan fingerprint density at radius 3 is 1.25 bits per heavy atom. The second-order valence-corrected chi connectivity index (χ2v) is 27.4. The number of allylic oxidation sites excluding steroid dienone is 2.